The first-order chi connectivity index (χ1) is 13.7. The second-order valence-electron chi connectivity index (χ2n) is 6.73. The molecule has 6 heteroatoms. The molecule has 5 nitrogen and oxygen atoms in total. The van der Waals surface area contributed by atoms with Gasteiger partial charge >= 0.3 is 6.03 Å². The minimum atomic E-state index is -0.0500. The molecule has 0 fully saturated rings. The molecular formula is C22H23N3O2S. The standard InChI is InChI=1S/C22H23N3O2S/c1-3-15-6-4-5-7-18(15)24-22(26)25-13-12-19-20(14-25)28-21(23-19)16-8-10-17(27-2)11-9-16/h4-11H,3,12-14H2,1-2H3,(H,24,26). The van der Waals surface area contributed by atoms with E-state index in [4.69, 9.17) is 9.72 Å². The van der Waals surface area contributed by atoms with Crippen molar-refractivity contribution in [1.29, 1.82) is 0 Å². The van der Waals surface area contributed by atoms with Crippen molar-refractivity contribution in [2.45, 2.75) is 26.3 Å². The number of ether oxygens (including phenoxy) is 1. The summed E-state index contributed by atoms with van der Waals surface area (Å²) in [4.78, 5) is 20.6. The molecule has 28 heavy (non-hydrogen) atoms. The van der Waals surface area contributed by atoms with Gasteiger partial charge in [-0.2, -0.15) is 0 Å². The van der Waals surface area contributed by atoms with Gasteiger partial charge in [-0.05, 0) is 42.3 Å². The molecule has 3 aromatic rings. The van der Waals surface area contributed by atoms with Gasteiger partial charge < -0.3 is 15.0 Å². The SMILES string of the molecule is CCc1ccccc1NC(=O)N1CCc2nc(-c3ccc(OC)cc3)sc2C1. The zero-order valence-corrected chi connectivity index (χ0v) is 16.9. The molecule has 1 aliphatic rings. The third-order valence-electron chi connectivity index (χ3n) is 5.00. The van der Waals surface area contributed by atoms with Crippen LogP contribution < -0.4 is 10.1 Å². The summed E-state index contributed by atoms with van der Waals surface area (Å²) in [6.45, 7) is 3.37. The Balaban J connectivity index is 1.48. The predicted octanol–water partition coefficient (Wildman–Crippen LogP) is 4.97. The molecule has 0 saturated carbocycles. The van der Waals surface area contributed by atoms with Gasteiger partial charge in [0.1, 0.15) is 10.8 Å². The number of aromatic nitrogens is 1. The third kappa shape index (κ3) is 3.73. The van der Waals surface area contributed by atoms with E-state index in [1.807, 2.05) is 53.4 Å². The van der Waals surface area contributed by atoms with Crippen LogP contribution >= 0.6 is 11.3 Å². The lowest BCUT2D eigenvalue weighted by Crippen LogP contribution is -2.38. The van der Waals surface area contributed by atoms with Gasteiger partial charge in [0.15, 0.2) is 0 Å². The van der Waals surface area contributed by atoms with Crippen LogP contribution in [0.15, 0.2) is 48.5 Å². The molecule has 0 unspecified atom stereocenters. The summed E-state index contributed by atoms with van der Waals surface area (Å²) >= 11 is 1.66. The van der Waals surface area contributed by atoms with E-state index in [9.17, 15) is 4.79 Å². The van der Waals surface area contributed by atoms with E-state index in [1.165, 1.54) is 0 Å². The van der Waals surface area contributed by atoms with Crippen LogP contribution in [0.1, 0.15) is 23.1 Å². The topological polar surface area (TPSA) is 54.5 Å². The Bertz CT molecular complexity index is 982. The van der Waals surface area contributed by atoms with Gasteiger partial charge in [0.05, 0.1) is 19.3 Å². The predicted molar refractivity (Wildman–Crippen MR) is 113 cm³/mol. The molecule has 1 N–H and O–H groups in total. The van der Waals surface area contributed by atoms with E-state index in [-0.39, 0.29) is 6.03 Å². The van der Waals surface area contributed by atoms with Crippen molar-refractivity contribution in [3.05, 3.63) is 64.7 Å². The Morgan fingerprint density at radius 3 is 2.75 bits per heavy atom. The van der Waals surface area contributed by atoms with Crippen molar-refractivity contribution in [3.63, 3.8) is 0 Å². The van der Waals surface area contributed by atoms with E-state index >= 15 is 0 Å². The highest BCUT2D eigenvalue weighted by atomic mass is 32.1. The maximum Gasteiger partial charge on any atom is 0.322 e. The number of nitrogens with one attached hydrogen (secondary N) is 1. The first-order valence-corrected chi connectivity index (χ1v) is 10.3. The lowest BCUT2D eigenvalue weighted by Gasteiger charge is -2.26. The molecule has 2 amide bonds. The van der Waals surface area contributed by atoms with E-state index in [2.05, 4.69) is 12.2 Å². The second kappa shape index (κ2) is 8.02. The number of urea groups is 1. The highest BCUT2D eigenvalue weighted by Gasteiger charge is 2.24. The van der Waals surface area contributed by atoms with Crippen LogP contribution in [0.4, 0.5) is 10.5 Å². The molecule has 0 bridgehead atoms. The minimum absolute atomic E-state index is 0.0500. The van der Waals surface area contributed by atoms with Crippen LogP contribution in [0, 0.1) is 0 Å². The van der Waals surface area contributed by atoms with Crippen LogP contribution in [-0.4, -0.2) is 29.6 Å². The Morgan fingerprint density at radius 1 is 1.21 bits per heavy atom. The Morgan fingerprint density at radius 2 is 2.00 bits per heavy atom. The molecule has 0 atom stereocenters. The van der Waals surface area contributed by atoms with Gasteiger partial charge in [0, 0.05) is 29.1 Å². The summed E-state index contributed by atoms with van der Waals surface area (Å²) in [5.41, 5.74) is 4.22. The van der Waals surface area contributed by atoms with Gasteiger partial charge in [0.25, 0.3) is 0 Å². The number of carbonyl (C=O) groups excluding carboxylic acids is 1. The van der Waals surface area contributed by atoms with E-state index in [0.29, 0.717) is 13.1 Å². The average Bonchev–Trinajstić information content (AvgIpc) is 3.17. The fraction of sp³-hybridized carbons (Fsp3) is 0.273. The molecule has 144 valence electrons. The largest absolute Gasteiger partial charge is 0.497 e. The number of aryl methyl sites for hydroxylation is 1. The molecule has 0 saturated heterocycles. The number of nitrogens with zero attached hydrogens (tertiary/aromatic N) is 2. The molecular weight excluding hydrogens is 370 g/mol. The fourth-order valence-corrected chi connectivity index (χ4v) is 4.50. The van der Waals surface area contributed by atoms with Crippen molar-refractivity contribution in [2.24, 2.45) is 0 Å². The number of anilines is 1. The number of benzene rings is 2. The van der Waals surface area contributed by atoms with Gasteiger partial charge in [-0.1, -0.05) is 25.1 Å². The lowest BCUT2D eigenvalue weighted by molar-refractivity contribution is 0.207. The van der Waals surface area contributed by atoms with Crippen molar-refractivity contribution in [2.75, 3.05) is 19.0 Å². The quantitative estimate of drug-likeness (QED) is 0.681. The van der Waals surface area contributed by atoms with E-state index in [0.717, 1.165) is 51.0 Å². The summed E-state index contributed by atoms with van der Waals surface area (Å²) in [6.07, 6.45) is 1.67. The normalized spacial score (nSPS) is 13.1. The maximum absolute atomic E-state index is 12.8. The lowest BCUT2D eigenvalue weighted by atomic mass is 10.1. The zero-order valence-electron chi connectivity index (χ0n) is 16.1. The maximum atomic E-state index is 12.8. The van der Waals surface area contributed by atoms with Crippen LogP contribution in [0.25, 0.3) is 10.6 Å². The number of carbonyl (C=O) groups is 1. The summed E-state index contributed by atoms with van der Waals surface area (Å²) in [6, 6.07) is 15.8. The van der Waals surface area contributed by atoms with Gasteiger partial charge in [-0.15, -0.1) is 11.3 Å². The Labute approximate surface area is 169 Å². The molecule has 4 rings (SSSR count). The third-order valence-corrected chi connectivity index (χ3v) is 6.13. The van der Waals surface area contributed by atoms with Crippen molar-refractivity contribution >= 4 is 23.1 Å². The van der Waals surface area contributed by atoms with Gasteiger partial charge in [-0.25, -0.2) is 9.78 Å². The molecule has 1 aromatic heterocycles. The number of amides is 2. The Hall–Kier alpha value is -2.86. The van der Waals surface area contributed by atoms with Crippen molar-refractivity contribution in [3.8, 4) is 16.3 Å². The van der Waals surface area contributed by atoms with Crippen LogP contribution in [-0.2, 0) is 19.4 Å². The highest BCUT2D eigenvalue weighted by molar-refractivity contribution is 7.15. The molecule has 0 spiro atoms. The first kappa shape index (κ1) is 18.5. The Kier molecular flexibility index (Phi) is 5.30. The molecule has 2 heterocycles. The number of thiazole rings is 1. The fourth-order valence-electron chi connectivity index (χ4n) is 3.37. The van der Waals surface area contributed by atoms with Crippen LogP contribution in [0.3, 0.4) is 0 Å². The molecule has 0 radical (unpaired) electrons. The number of para-hydroxylation sites is 1. The molecule has 1 aliphatic heterocycles. The summed E-state index contributed by atoms with van der Waals surface area (Å²) < 4.78 is 5.22. The average molecular weight is 394 g/mol. The smallest absolute Gasteiger partial charge is 0.322 e. The number of methoxy groups -OCH3 is 1. The van der Waals surface area contributed by atoms with Crippen LogP contribution in [0.2, 0.25) is 0 Å². The van der Waals surface area contributed by atoms with Gasteiger partial charge in [-0.3, -0.25) is 0 Å². The highest BCUT2D eigenvalue weighted by Crippen LogP contribution is 2.32. The monoisotopic (exact) mass is 393 g/mol. The number of fused-ring (bicyclic) bond motifs is 1. The van der Waals surface area contributed by atoms with E-state index in [1.54, 1.807) is 18.4 Å². The minimum Gasteiger partial charge on any atom is -0.497 e. The second-order valence-corrected chi connectivity index (χ2v) is 7.81. The first-order valence-electron chi connectivity index (χ1n) is 9.44. The van der Waals surface area contributed by atoms with E-state index < -0.39 is 0 Å². The summed E-state index contributed by atoms with van der Waals surface area (Å²) in [7, 11) is 1.66. The summed E-state index contributed by atoms with van der Waals surface area (Å²) in [5, 5.41) is 4.06. The van der Waals surface area contributed by atoms with Gasteiger partial charge in [0.2, 0.25) is 0 Å². The number of hydrogen-bond acceptors (Lipinski definition) is 4. The summed E-state index contributed by atoms with van der Waals surface area (Å²) in [5.74, 6) is 0.834. The van der Waals surface area contributed by atoms with Crippen molar-refractivity contribution in [1.82, 2.24) is 9.88 Å². The number of hydrogen-bond donors (Lipinski definition) is 1. The zero-order chi connectivity index (χ0) is 19.5. The molecule has 0 aliphatic carbocycles. The number of rotatable bonds is 4. The van der Waals surface area contributed by atoms with Crippen molar-refractivity contribution < 1.29 is 9.53 Å². The molecule has 2 aromatic carbocycles. The van der Waals surface area contributed by atoms with Crippen LogP contribution in [0.5, 0.6) is 5.75 Å².